The molecule has 5 nitrogen and oxygen atoms in total. The Bertz CT molecular complexity index is 86.1. The average Bonchev–Trinajstić information content (AvgIpc) is 1.31. The third kappa shape index (κ3) is 10.7. The molecule has 0 spiro atoms. The van der Waals surface area contributed by atoms with E-state index in [2.05, 4.69) is 9.24 Å². The highest BCUT2D eigenvalue weighted by Gasteiger charge is 2.19. The molecule has 7 N–H and O–H groups in total. The van der Waals surface area contributed by atoms with Crippen molar-refractivity contribution in [3.8, 4) is 0 Å². The van der Waals surface area contributed by atoms with Gasteiger partial charge in [-0.2, -0.15) is 0 Å². The minimum Gasteiger partial charge on any atom is -0.481 e. The van der Waals surface area contributed by atoms with Crippen LogP contribution >= 0.6 is 9.24 Å². The van der Waals surface area contributed by atoms with Crippen LogP contribution in [0.3, 0.4) is 0 Å². The van der Waals surface area contributed by atoms with Crippen LogP contribution in [-0.2, 0) is 4.79 Å². The molecule has 0 aromatic rings. The van der Waals surface area contributed by atoms with Crippen LogP contribution in [-0.4, -0.2) is 32.7 Å². The molecule has 0 aliphatic carbocycles. The Kier molecular flexibility index (Phi) is 15.6. The summed E-state index contributed by atoms with van der Waals surface area (Å²) in [5.74, 6) is -0.794. The van der Waals surface area contributed by atoms with E-state index < -0.39 is 11.1 Å². The molecule has 0 heterocycles. The maximum Gasteiger partial charge on any atom is 0.312 e. The van der Waals surface area contributed by atoms with Gasteiger partial charge < -0.3 is 21.5 Å². The Labute approximate surface area is 61.6 Å². The van der Waals surface area contributed by atoms with Gasteiger partial charge in [-0.15, -0.1) is 9.24 Å². The second-order valence-electron chi connectivity index (χ2n) is 2.03. The van der Waals surface area contributed by atoms with Crippen molar-refractivity contribution >= 4 is 15.2 Å². The monoisotopic (exact) mass is 174 g/mol. The first-order valence-electron chi connectivity index (χ1n) is 1.97. The number of carboxylic acids is 1. The smallest absolute Gasteiger partial charge is 0.312 e. The van der Waals surface area contributed by atoms with Gasteiger partial charge in [-0.05, 0) is 13.8 Å². The van der Waals surface area contributed by atoms with E-state index in [0.29, 0.717) is 0 Å². The Morgan fingerprint density at radius 1 is 1.30 bits per heavy atom. The minimum atomic E-state index is -0.794. The summed E-state index contributed by atoms with van der Waals surface area (Å²) in [6.07, 6.45) is 0. The number of carbonyl (C=O) groups is 1. The topological polar surface area (TPSA) is 132 Å². The second-order valence-corrected chi connectivity index (χ2v) is 3.47. The van der Waals surface area contributed by atoms with Crippen LogP contribution in [0.15, 0.2) is 0 Å². The van der Waals surface area contributed by atoms with Crippen LogP contribution in [0.4, 0.5) is 0 Å². The largest absolute Gasteiger partial charge is 0.481 e. The van der Waals surface area contributed by atoms with Gasteiger partial charge in [0.05, 0.1) is 5.16 Å². The SMILES string of the molecule is CC(C)(P)C(=O)O.O.O.O. The van der Waals surface area contributed by atoms with Gasteiger partial charge in [0.2, 0.25) is 0 Å². The van der Waals surface area contributed by atoms with Gasteiger partial charge in [0, 0.05) is 0 Å². The Morgan fingerprint density at radius 3 is 1.40 bits per heavy atom. The van der Waals surface area contributed by atoms with Crippen LogP contribution < -0.4 is 0 Å². The molecule has 66 valence electrons. The van der Waals surface area contributed by atoms with Crippen molar-refractivity contribution in [2.75, 3.05) is 0 Å². The molecule has 0 bridgehead atoms. The van der Waals surface area contributed by atoms with E-state index >= 15 is 0 Å². The van der Waals surface area contributed by atoms with E-state index in [0.717, 1.165) is 0 Å². The lowest BCUT2D eigenvalue weighted by molar-refractivity contribution is -0.138. The zero-order chi connectivity index (χ0) is 6.08. The van der Waals surface area contributed by atoms with Crippen molar-refractivity contribution in [3.05, 3.63) is 0 Å². The number of hydrogen-bond acceptors (Lipinski definition) is 1. The molecular formula is C4H15O5P. The molecule has 10 heavy (non-hydrogen) atoms. The van der Waals surface area contributed by atoms with Gasteiger partial charge in [-0.25, -0.2) is 0 Å². The van der Waals surface area contributed by atoms with Gasteiger partial charge in [0.15, 0.2) is 0 Å². The first-order chi connectivity index (χ1) is 2.94. The van der Waals surface area contributed by atoms with Crippen molar-refractivity contribution in [1.29, 1.82) is 0 Å². The lowest BCUT2D eigenvalue weighted by atomic mass is 10.2. The normalized spacial score (nSPS) is 7.90. The van der Waals surface area contributed by atoms with Crippen LogP contribution in [0.2, 0.25) is 0 Å². The van der Waals surface area contributed by atoms with E-state index in [1.807, 2.05) is 0 Å². The number of hydrogen-bond donors (Lipinski definition) is 1. The molecular weight excluding hydrogens is 159 g/mol. The van der Waals surface area contributed by atoms with Crippen LogP contribution in [0.25, 0.3) is 0 Å². The van der Waals surface area contributed by atoms with Gasteiger partial charge >= 0.3 is 5.97 Å². The van der Waals surface area contributed by atoms with Crippen molar-refractivity contribution in [3.63, 3.8) is 0 Å². The van der Waals surface area contributed by atoms with E-state index in [-0.39, 0.29) is 16.4 Å². The summed E-state index contributed by atoms with van der Waals surface area (Å²) in [4.78, 5) is 10.0. The highest BCUT2D eigenvalue weighted by Crippen LogP contribution is 2.14. The van der Waals surface area contributed by atoms with E-state index in [9.17, 15) is 4.79 Å². The molecule has 0 saturated carbocycles. The van der Waals surface area contributed by atoms with E-state index in [1.54, 1.807) is 13.8 Å². The highest BCUT2D eigenvalue weighted by atomic mass is 31.0. The molecule has 0 aliphatic rings. The Balaban J connectivity index is -0.0000000600. The molecule has 0 rings (SSSR count). The third-order valence-corrected chi connectivity index (χ3v) is 0.798. The minimum absolute atomic E-state index is 0. The summed E-state index contributed by atoms with van der Waals surface area (Å²) < 4.78 is 0. The summed E-state index contributed by atoms with van der Waals surface area (Å²) >= 11 is 0. The van der Waals surface area contributed by atoms with Gasteiger partial charge in [-0.3, -0.25) is 4.79 Å². The molecule has 0 radical (unpaired) electrons. The summed E-state index contributed by atoms with van der Waals surface area (Å²) in [6, 6.07) is 0. The standard InChI is InChI=1S/C4H9O2P.3H2O/c1-4(2,7)3(5)6;;;/h7H2,1-2H3,(H,5,6);3*1H2. The second kappa shape index (κ2) is 6.89. The van der Waals surface area contributed by atoms with Gasteiger partial charge in [-0.1, -0.05) is 0 Å². The molecule has 0 saturated heterocycles. The highest BCUT2D eigenvalue weighted by molar-refractivity contribution is 7.20. The van der Waals surface area contributed by atoms with Gasteiger partial charge in [0.1, 0.15) is 0 Å². The summed E-state index contributed by atoms with van der Waals surface area (Å²) in [6.45, 7) is 3.25. The zero-order valence-electron chi connectivity index (χ0n) is 5.93. The Morgan fingerprint density at radius 2 is 1.40 bits per heavy atom. The molecule has 0 aromatic heterocycles. The van der Waals surface area contributed by atoms with Crippen molar-refractivity contribution in [2.24, 2.45) is 0 Å². The van der Waals surface area contributed by atoms with Crippen molar-refractivity contribution in [2.45, 2.75) is 19.0 Å². The molecule has 6 heteroatoms. The molecule has 1 atom stereocenters. The molecule has 0 aromatic carbocycles. The van der Waals surface area contributed by atoms with Crippen LogP contribution in [0.5, 0.6) is 0 Å². The first kappa shape index (κ1) is 22.6. The predicted octanol–water partition coefficient (Wildman–Crippen LogP) is -1.75. The van der Waals surface area contributed by atoms with E-state index in [4.69, 9.17) is 5.11 Å². The van der Waals surface area contributed by atoms with Crippen LogP contribution in [0, 0.1) is 0 Å². The average molecular weight is 174 g/mol. The third-order valence-electron chi connectivity index (χ3n) is 0.551. The zero-order valence-corrected chi connectivity index (χ0v) is 7.09. The van der Waals surface area contributed by atoms with Crippen LogP contribution in [0.1, 0.15) is 13.8 Å². The van der Waals surface area contributed by atoms with Crippen molar-refractivity contribution in [1.82, 2.24) is 0 Å². The maximum absolute atomic E-state index is 10.0. The number of aliphatic carboxylic acids is 1. The predicted molar refractivity (Wildman–Crippen MR) is 42.3 cm³/mol. The van der Waals surface area contributed by atoms with Crippen molar-refractivity contribution < 1.29 is 26.3 Å². The fourth-order valence-electron chi connectivity index (χ4n) is 0. The fourth-order valence-corrected chi connectivity index (χ4v) is 0. The number of carboxylic acid groups (broad SMARTS) is 1. The number of rotatable bonds is 1. The lowest BCUT2D eigenvalue weighted by Crippen LogP contribution is -2.22. The van der Waals surface area contributed by atoms with E-state index in [1.165, 1.54) is 0 Å². The lowest BCUT2D eigenvalue weighted by Gasteiger charge is -2.08. The van der Waals surface area contributed by atoms with Gasteiger partial charge in [0.25, 0.3) is 0 Å². The fraction of sp³-hybridized carbons (Fsp3) is 0.750. The first-order valence-corrected chi connectivity index (χ1v) is 2.54. The quantitative estimate of drug-likeness (QED) is 0.472. The summed E-state index contributed by atoms with van der Waals surface area (Å²) in [5.41, 5.74) is 0. The summed E-state index contributed by atoms with van der Waals surface area (Å²) in [5, 5.41) is 7.56. The molecule has 1 unspecified atom stereocenters. The maximum atomic E-state index is 10.0. The molecule has 0 aliphatic heterocycles. The Hall–Kier alpha value is -0.220. The molecule has 0 amide bonds. The summed E-state index contributed by atoms with van der Waals surface area (Å²) in [7, 11) is 2.23. The molecule has 0 fully saturated rings.